The molecule has 0 saturated carbocycles. The molecule has 0 rings (SSSR count). The largest absolute Gasteiger partial charge is 0.466 e. The molecule has 0 aromatic carbocycles. The predicted molar refractivity (Wildman–Crippen MR) is 53.0 cm³/mol. The maximum absolute atomic E-state index is 11.5. The van der Waals surface area contributed by atoms with Crippen molar-refractivity contribution in [2.75, 3.05) is 7.11 Å². The number of carbonyl (C=O) groups is 2. The first-order valence-electron chi connectivity index (χ1n) is 4.67. The molecule has 0 bridgehead atoms. The zero-order valence-electron chi connectivity index (χ0n) is 9.73. The van der Waals surface area contributed by atoms with Crippen molar-refractivity contribution in [3.05, 3.63) is 0 Å². The van der Waals surface area contributed by atoms with Gasteiger partial charge in [0.1, 0.15) is 0 Å². The lowest BCUT2D eigenvalue weighted by Crippen LogP contribution is -2.40. The molecule has 0 fully saturated rings. The molecular formula is C10H18O5. The summed E-state index contributed by atoms with van der Waals surface area (Å²) in [6.07, 6.45) is -2.36. The number of hydrogen-bond acceptors (Lipinski definition) is 5. The first-order valence-corrected chi connectivity index (χ1v) is 4.67. The number of ether oxygens (including phenoxy) is 2. The molecule has 15 heavy (non-hydrogen) atoms. The third-order valence-corrected chi connectivity index (χ3v) is 1.72. The molecule has 0 aromatic heterocycles. The van der Waals surface area contributed by atoms with Crippen LogP contribution in [-0.4, -0.2) is 36.4 Å². The van der Waals surface area contributed by atoms with Crippen LogP contribution < -0.4 is 0 Å². The van der Waals surface area contributed by atoms with E-state index < -0.39 is 29.6 Å². The van der Waals surface area contributed by atoms with E-state index in [1.165, 1.54) is 14.0 Å². The summed E-state index contributed by atoms with van der Waals surface area (Å²) in [6.45, 7) is 6.33. The van der Waals surface area contributed by atoms with Gasteiger partial charge < -0.3 is 14.6 Å². The molecule has 0 heterocycles. The van der Waals surface area contributed by atoms with Crippen LogP contribution in [-0.2, 0) is 19.1 Å². The van der Waals surface area contributed by atoms with Crippen LogP contribution in [0.1, 0.15) is 27.7 Å². The molecule has 1 N–H and O–H groups in total. The molecule has 0 unspecified atom stereocenters. The fourth-order valence-corrected chi connectivity index (χ4v) is 0.752. The second-order valence-electron chi connectivity index (χ2n) is 4.34. The van der Waals surface area contributed by atoms with Crippen molar-refractivity contribution >= 4 is 11.9 Å². The lowest BCUT2D eigenvalue weighted by molar-refractivity contribution is -0.178. The Hall–Kier alpha value is -1.10. The number of esters is 2. The number of aliphatic hydroxyl groups excluding tert-OH is 1. The molecule has 0 aliphatic carbocycles. The Labute approximate surface area is 89.4 Å². The number of methoxy groups -OCH3 is 1. The SMILES string of the molecule is COC(=O)[C@@H](OC(=O)C(C)(C)C)[C@@H](C)O. The highest BCUT2D eigenvalue weighted by molar-refractivity contribution is 5.82. The molecule has 0 aromatic rings. The van der Waals surface area contributed by atoms with E-state index in [0.29, 0.717) is 0 Å². The Morgan fingerprint density at radius 2 is 1.73 bits per heavy atom. The minimum atomic E-state index is -1.26. The Kier molecular flexibility index (Phi) is 4.74. The molecule has 0 amide bonds. The molecule has 0 aliphatic rings. The van der Waals surface area contributed by atoms with E-state index in [2.05, 4.69) is 4.74 Å². The van der Waals surface area contributed by atoms with Crippen molar-refractivity contribution in [3.63, 3.8) is 0 Å². The molecule has 2 atom stereocenters. The summed E-state index contributed by atoms with van der Waals surface area (Å²) in [5.41, 5.74) is -0.721. The Bertz CT molecular complexity index is 239. The van der Waals surface area contributed by atoms with Crippen LogP contribution >= 0.6 is 0 Å². The molecule has 5 heteroatoms. The van der Waals surface area contributed by atoms with Gasteiger partial charge in [-0.2, -0.15) is 0 Å². The standard InChI is InChI=1S/C10H18O5/c1-6(11)7(8(12)14-5)15-9(13)10(2,3)4/h6-7,11H,1-5H3/t6-,7+/m1/s1. The number of carbonyl (C=O) groups excluding carboxylic acids is 2. The number of hydrogen-bond donors (Lipinski definition) is 1. The van der Waals surface area contributed by atoms with Crippen LogP contribution in [0.5, 0.6) is 0 Å². The lowest BCUT2D eigenvalue weighted by Gasteiger charge is -2.23. The smallest absolute Gasteiger partial charge is 0.349 e. The van der Waals surface area contributed by atoms with E-state index in [1.807, 2.05) is 0 Å². The van der Waals surface area contributed by atoms with Crippen molar-refractivity contribution in [1.82, 2.24) is 0 Å². The highest BCUT2D eigenvalue weighted by atomic mass is 16.6. The van der Waals surface area contributed by atoms with E-state index in [1.54, 1.807) is 20.8 Å². The molecular weight excluding hydrogens is 200 g/mol. The van der Waals surface area contributed by atoms with Gasteiger partial charge in [-0.15, -0.1) is 0 Å². The highest BCUT2D eigenvalue weighted by Crippen LogP contribution is 2.17. The van der Waals surface area contributed by atoms with Crippen molar-refractivity contribution in [3.8, 4) is 0 Å². The minimum absolute atomic E-state index is 0.557. The molecule has 0 spiro atoms. The van der Waals surface area contributed by atoms with Gasteiger partial charge in [0.2, 0.25) is 6.10 Å². The second-order valence-corrected chi connectivity index (χ2v) is 4.34. The van der Waals surface area contributed by atoms with Gasteiger partial charge in [0.05, 0.1) is 18.6 Å². The highest BCUT2D eigenvalue weighted by Gasteiger charge is 2.33. The maximum Gasteiger partial charge on any atom is 0.349 e. The summed E-state index contributed by atoms with van der Waals surface area (Å²) in [7, 11) is 1.17. The molecule has 0 aliphatic heterocycles. The van der Waals surface area contributed by atoms with Gasteiger partial charge in [-0.25, -0.2) is 4.79 Å². The quantitative estimate of drug-likeness (QED) is 0.698. The average Bonchev–Trinajstić information content (AvgIpc) is 2.10. The van der Waals surface area contributed by atoms with Gasteiger partial charge in [0.25, 0.3) is 0 Å². The number of rotatable bonds is 3. The number of aliphatic hydroxyl groups is 1. The van der Waals surface area contributed by atoms with Crippen molar-refractivity contribution in [2.45, 2.75) is 39.9 Å². The summed E-state index contributed by atoms with van der Waals surface area (Å²) >= 11 is 0. The summed E-state index contributed by atoms with van der Waals surface area (Å²) in [5, 5.41) is 9.25. The van der Waals surface area contributed by atoms with Crippen LogP contribution in [0.2, 0.25) is 0 Å². The first kappa shape index (κ1) is 13.9. The van der Waals surface area contributed by atoms with Gasteiger partial charge in [0.15, 0.2) is 0 Å². The summed E-state index contributed by atoms with van der Waals surface area (Å²) in [6, 6.07) is 0. The maximum atomic E-state index is 11.5. The Balaban J connectivity index is 4.57. The van der Waals surface area contributed by atoms with Crippen molar-refractivity contribution < 1.29 is 24.2 Å². The minimum Gasteiger partial charge on any atom is -0.466 e. The third kappa shape index (κ3) is 4.29. The van der Waals surface area contributed by atoms with Gasteiger partial charge in [-0.05, 0) is 27.7 Å². The van der Waals surface area contributed by atoms with Crippen LogP contribution in [0.15, 0.2) is 0 Å². The van der Waals surface area contributed by atoms with Crippen molar-refractivity contribution in [1.29, 1.82) is 0 Å². The molecule has 88 valence electrons. The summed E-state index contributed by atoms with van der Waals surface area (Å²) in [5.74, 6) is -1.32. The van der Waals surface area contributed by atoms with Gasteiger partial charge in [0, 0.05) is 0 Å². The Morgan fingerprint density at radius 3 is 2.00 bits per heavy atom. The molecule has 0 radical (unpaired) electrons. The van der Waals surface area contributed by atoms with E-state index in [4.69, 9.17) is 4.74 Å². The fourth-order valence-electron chi connectivity index (χ4n) is 0.752. The zero-order chi connectivity index (χ0) is 12.2. The van der Waals surface area contributed by atoms with E-state index >= 15 is 0 Å². The topological polar surface area (TPSA) is 72.8 Å². The zero-order valence-corrected chi connectivity index (χ0v) is 9.73. The van der Waals surface area contributed by atoms with Gasteiger partial charge in [-0.3, -0.25) is 4.79 Å². The molecule has 5 nitrogen and oxygen atoms in total. The van der Waals surface area contributed by atoms with Crippen LogP contribution in [0.25, 0.3) is 0 Å². The van der Waals surface area contributed by atoms with Gasteiger partial charge >= 0.3 is 11.9 Å². The average molecular weight is 218 g/mol. The summed E-state index contributed by atoms with van der Waals surface area (Å²) in [4.78, 5) is 22.6. The second kappa shape index (κ2) is 5.11. The van der Waals surface area contributed by atoms with Gasteiger partial charge in [-0.1, -0.05) is 0 Å². The lowest BCUT2D eigenvalue weighted by atomic mass is 9.97. The van der Waals surface area contributed by atoms with E-state index in [0.717, 1.165) is 0 Å². The molecule has 0 saturated heterocycles. The third-order valence-electron chi connectivity index (χ3n) is 1.72. The monoisotopic (exact) mass is 218 g/mol. The van der Waals surface area contributed by atoms with Crippen LogP contribution in [0.3, 0.4) is 0 Å². The summed E-state index contributed by atoms with van der Waals surface area (Å²) < 4.78 is 9.28. The predicted octanol–water partition coefficient (Wildman–Crippen LogP) is 0.498. The van der Waals surface area contributed by atoms with Crippen LogP contribution in [0, 0.1) is 5.41 Å². The van der Waals surface area contributed by atoms with E-state index in [-0.39, 0.29) is 0 Å². The van der Waals surface area contributed by atoms with E-state index in [9.17, 15) is 14.7 Å². The first-order chi connectivity index (χ1) is 6.70. The van der Waals surface area contributed by atoms with Crippen molar-refractivity contribution in [2.24, 2.45) is 5.41 Å². The fraction of sp³-hybridized carbons (Fsp3) is 0.800. The van der Waals surface area contributed by atoms with Crippen LogP contribution in [0.4, 0.5) is 0 Å². The Morgan fingerprint density at radius 1 is 1.27 bits per heavy atom. The normalized spacial score (nSPS) is 15.3.